The molecule has 2 fully saturated rings. The zero-order valence-electron chi connectivity index (χ0n) is 37.7. The summed E-state index contributed by atoms with van der Waals surface area (Å²) < 4.78 is 14.5. The molecule has 348 valence electrons. The van der Waals surface area contributed by atoms with Crippen LogP contribution in [0.3, 0.4) is 0 Å². The van der Waals surface area contributed by atoms with Gasteiger partial charge in [-0.25, -0.2) is 19.9 Å². The number of piperazine rings is 2. The Bertz CT molecular complexity index is 2630. The fraction of sp³-hybridized carbons (Fsp3) is 0.391. The highest BCUT2D eigenvalue weighted by Crippen LogP contribution is 2.34. The summed E-state index contributed by atoms with van der Waals surface area (Å²) in [5.74, 6) is 2.20. The molecule has 0 radical (unpaired) electrons. The van der Waals surface area contributed by atoms with Crippen LogP contribution in [-0.4, -0.2) is 126 Å². The number of hydrogen-bond donors (Lipinski definition) is 0. The normalized spacial score (nSPS) is 16.2. The summed E-state index contributed by atoms with van der Waals surface area (Å²) in [6.07, 6.45) is 6.55. The van der Waals surface area contributed by atoms with Crippen LogP contribution in [0.2, 0.25) is 20.1 Å². The highest BCUT2D eigenvalue weighted by molar-refractivity contribution is 6.34. The van der Waals surface area contributed by atoms with Gasteiger partial charge in [-0.15, -0.1) is 0 Å². The third-order valence-electron chi connectivity index (χ3n) is 11.4. The first-order chi connectivity index (χ1) is 31.8. The molecule has 0 bridgehead atoms. The van der Waals surface area contributed by atoms with Gasteiger partial charge in [0.05, 0.1) is 44.7 Å². The molecule has 16 nitrogen and oxygen atoms in total. The van der Waals surface area contributed by atoms with Crippen LogP contribution >= 0.6 is 46.4 Å². The van der Waals surface area contributed by atoms with Gasteiger partial charge in [0, 0.05) is 99.6 Å². The molecule has 20 heteroatoms. The molecule has 8 rings (SSSR count). The predicted molar refractivity (Wildman–Crippen MR) is 258 cm³/mol. The molecule has 0 aliphatic carbocycles. The molecular weight excluding hydrogens is 926 g/mol. The van der Waals surface area contributed by atoms with Crippen LogP contribution < -0.4 is 19.3 Å². The molecule has 2 atom stereocenters. The van der Waals surface area contributed by atoms with Crippen LogP contribution in [0.5, 0.6) is 11.5 Å². The minimum atomic E-state index is -0.0235. The fourth-order valence-electron chi connectivity index (χ4n) is 8.02. The zero-order valence-corrected chi connectivity index (χ0v) is 40.7. The summed E-state index contributed by atoms with van der Waals surface area (Å²) in [6, 6.07) is 15.1. The van der Waals surface area contributed by atoms with Gasteiger partial charge in [0.1, 0.15) is 36.0 Å². The highest BCUT2D eigenvalue weighted by Gasteiger charge is 2.31. The quantitative estimate of drug-likeness (QED) is 0.116. The Hall–Kier alpha value is -5.68. The average molecular weight is 979 g/mol. The first kappa shape index (κ1) is 48.3. The number of amides is 2. The number of aromatic nitrogens is 8. The fourth-order valence-corrected chi connectivity index (χ4v) is 8.81. The minimum Gasteiger partial charge on any atom is -0.492 e. The molecule has 0 unspecified atom stereocenters. The smallest absolute Gasteiger partial charge is 0.244 e. The number of nitrogens with zero attached hydrogens (tertiary/aromatic N) is 12. The van der Waals surface area contributed by atoms with Crippen LogP contribution in [-0.2, 0) is 22.7 Å². The van der Waals surface area contributed by atoms with Gasteiger partial charge < -0.3 is 29.1 Å². The number of carbonyl (C=O) groups excluding carboxylic acids is 2. The van der Waals surface area contributed by atoms with E-state index in [0.29, 0.717) is 118 Å². The second-order valence-corrected chi connectivity index (χ2v) is 17.4. The lowest BCUT2D eigenvalue weighted by Gasteiger charge is -2.41. The van der Waals surface area contributed by atoms with Crippen LogP contribution in [0.15, 0.2) is 73.3 Å². The maximum absolute atomic E-state index is 13.2. The predicted octanol–water partition coefficient (Wildman–Crippen LogP) is 8.18. The number of carbonyl (C=O) groups is 2. The van der Waals surface area contributed by atoms with Crippen molar-refractivity contribution in [3.8, 4) is 34.5 Å². The van der Waals surface area contributed by atoms with Crippen molar-refractivity contribution in [2.75, 3.05) is 62.3 Å². The van der Waals surface area contributed by atoms with Gasteiger partial charge in [-0.1, -0.05) is 46.4 Å². The van der Waals surface area contributed by atoms with Gasteiger partial charge >= 0.3 is 0 Å². The molecule has 2 aliphatic heterocycles. The zero-order chi connectivity index (χ0) is 47.1. The number of ether oxygens (including phenoxy) is 2. The van der Waals surface area contributed by atoms with E-state index in [4.69, 9.17) is 55.9 Å². The van der Waals surface area contributed by atoms with Crippen LogP contribution in [0.4, 0.5) is 11.4 Å². The van der Waals surface area contributed by atoms with Gasteiger partial charge in [0.15, 0.2) is 11.6 Å². The average Bonchev–Trinajstić information content (AvgIpc) is 3.76. The SMILES string of the molecule is CCOc1cc(N2CCN(C(=O)Cn3nc(-c4ncccn4)c(Cl)c3C)[C@@H](C)C2)ccc1Cl.CCOc1cc(N2CCN(C(=O)Cn3nc(C)c(Cl)c3-c3ncccn3)[C@@H](C)C2)ccc1Cl. The molecule has 0 N–H and O–H groups in total. The molecule has 2 aromatic carbocycles. The van der Waals surface area contributed by atoms with Gasteiger partial charge in [0.2, 0.25) is 11.8 Å². The Balaban J connectivity index is 0.000000196. The number of rotatable bonds is 12. The second-order valence-electron chi connectivity index (χ2n) is 15.8. The van der Waals surface area contributed by atoms with E-state index >= 15 is 0 Å². The molecule has 2 amide bonds. The maximum Gasteiger partial charge on any atom is 0.244 e. The summed E-state index contributed by atoms with van der Waals surface area (Å²) in [5, 5.41) is 11.1. The van der Waals surface area contributed by atoms with Gasteiger partial charge in [-0.2, -0.15) is 10.2 Å². The van der Waals surface area contributed by atoms with Crippen molar-refractivity contribution < 1.29 is 19.1 Å². The summed E-state index contributed by atoms with van der Waals surface area (Å²) in [5.41, 5.74) is 4.44. The lowest BCUT2D eigenvalue weighted by atomic mass is 10.1. The Morgan fingerprint density at radius 1 is 0.636 bits per heavy atom. The number of benzene rings is 2. The molecule has 66 heavy (non-hydrogen) atoms. The van der Waals surface area contributed by atoms with Crippen molar-refractivity contribution >= 4 is 69.6 Å². The number of hydrogen-bond acceptors (Lipinski definition) is 12. The Labute approximate surface area is 404 Å². The standard InChI is InChI=1S/2C23H26Cl2N6O2/c1-4-33-19-12-17(6-7-18(19)24)29-10-11-30(15(2)13-29)20(32)14-31-16(3)21(25)22(28-31)23-26-8-5-9-27-23;1-4-33-19-12-17(6-7-18(19)24)29-10-11-30(15(2)13-29)20(32)14-31-22(21(25)16(3)28-31)23-26-8-5-9-27-23/h2*5-9,12,15H,4,10-11,13-14H2,1-3H3/t2*15-/m00/s1. The van der Waals surface area contributed by atoms with E-state index < -0.39 is 0 Å². The van der Waals surface area contributed by atoms with E-state index in [1.165, 1.54) is 0 Å². The highest BCUT2D eigenvalue weighted by atomic mass is 35.5. The third-order valence-corrected chi connectivity index (χ3v) is 12.9. The van der Waals surface area contributed by atoms with E-state index in [2.05, 4.69) is 46.9 Å². The molecule has 6 aromatic rings. The van der Waals surface area contributed by atoms with E-state index in [1.807, 2.05) is 73.9 Å². The third kappa shape index (κ3) is 10.9. The molecular formula is C46H52Cl4N12O4. The lowest BCUT2D eigenvalue weighted by molar-refractivity contribution is -0.135. The van der Waals surface area contributed by atoms with E-state index in [-0.39, 0.29) is 37.0 Å². The minimum absolute atomic E-state index is 0.00365. The molecule has 0 saturated carbocycles. The van der Waals surface area contributed by atoms with Crippen LogP contribution in [0, 0.1) is 13.8 Å². The van der Waals surface area contributed by atoms with Crippen molar-refractivity contribution in [3.05, 3.63) is 105 Å². The molecule has 2 aliphatic rings. The van der Waals surface area contributed by atoms with Crippen molar-refractivity contribution in [2.45, 2.75) is 66.7 Å². The second kappa shape index (κ2) is 21.7. The first-order valence-electron chi connectivity index (χ1n) is 21.7. The van der Waals surface area contributed by atoms with Crippen molar-refractivity contribution in [1.29, 1.82) is 0 Å². The van der Waals surface area contributed by atoms with Crippen molar-refractivity contribution in [2.24, 2.45) is 0 Å². The van der Waals surface area contributed by atoms with E-state index in [0.717, 1.165) is 11.4 Å². The van der Waals surface area contributed by atoms with E-state index in [1.54, 1.807) is 53.2 Å². The molecule has 0 spiro atoms. The monoisotopic (exact) mass is 976 g/mol. The summed E-state index contributed by atoms with van der Waals surface area (Å²) in [6.45, 7) is 16.9. The Morgan fingerprint density at radius 3 is 1.58 bits per heavy atom. The lowest BCUT2D eigenvalue weighted by Crippen LogP contribution is -2.54. The van der Waals surface area contributed by atoms with Crippen LogP contribution in [0.1, 0.15) is 39.1 Å². The Morgan fingerprint density at radius 2 is 1.11 bits per heavy atom. The topological polar surface area (TPSA) is 153 Å². The number of aryl methyl sites for hydroxylation is 1. The maximum atomic E-state index is 13.2. The van der Waals surface area contributed by atoms with Gasteiger partial charge in [-0.05, 0) is 77.9 Å². The summed E-state index contributed by atoms with van der Waals surface area (Å²) in [4.78, 5) is 51.6. The van der Waals surface area contributed by atoms with E-state index in [9.17, 15) is 9.59 Å². The van der Waals surface area contributed by atoms with Crippen molar-refractivity contribution in [3.63, 3.8) is 0 Å². The number of halogens is 4. The first-order valence-corrected chi connectivity index (χ1v) is 23.2. The largest absolute Gasteiger partial charge is 0.492 e. The summed E-state index contributed by atoms with van der Waals surface area (Å²) in [7, 11) is 0. The van der Waals surface area contributed by atoms with Gasteiger partial charge in [0.25, 0.3) is 0 Å². The molecule has 4 aromatic heterocycles. The summed E-state index contributed by atoms with van der Waals surface area (Å²) >= 11 is 25.4. The molecule has 2 saturated heterocycles. The van der Waals surface area contributed by atoms with Crippen LogP contribution in [0.25, 0.3) is 23.0 Å². The van der Waals surface area contributed by atoms with Gasteiger partial charge in [-0.3, -0.25) is 19.0 Å². The Kier molecular flexibility index (Phi) is 15.9. The molecule has 6 heterocycles. The number of anilines is 2. The van der Waals surface area contributed by atoms with Crippen molar-refractivity contribution in [1.82, 2.24) is 49.3 Å².